The minimum Gasteiger partial charge on any atom is -0.481 e. The van der Waals surface area contributed by atoms with Crippen LogP contribution in [0.15, 0.2) is 120 Å². The van der Waals surface area contributed by atoms with Crippen LogP contribution in [0.5, 0.6) is 0 Å². The van der Waals surface area contributed by atoms with E-state index < -0.39 is 43.0 Å². The van der Waals surface area contributed by atoms with Crippen LogP contribution in [0.25, 0.3) is 28.3 Å². The number of carbonyl (C=O) groups excluding carboxylic acids is 4. The number of thiophene rings is 2. The first-order chi connectivity index (χ1) is 48.3. The molecule has 4 fully saturated rings. The highest BCUT2D eigenvalue weighted by atomic mass is 79.9. The van der Waals surface area contributed by atoms with E-state index in [0.29, 0.717) is 27.8 Å². The lowest BCUT2D eigenvalue weighted by Crippen LogP contribution is -2.59. The number of hydrogen-bond donors (Lipinski definition) is 6. The molecule has 6 aromatic rings. The van der Waals surface area contributed by atoms with Gasteiger partial charge < -0.3 is 40.7 Å². The SMILES string of the molecule is CCCC1CCC(C2CC=C(B(O)O)CC2)CC1.CCCC1CCC(C2CC=C(c3cnc(-c4ccc(C[C@H](NC(=O)c5ccc(CC)s5)C(=O)N5CC(C(=O)O)C5)cc4)nc3)CC2)CC1.CCc1ccc(C(=O)N[C@@H](Cc2ccc(-c3ncc(Br)cn3)cc2)C(=O)N2CC(C(=O)O)C2)s1. The molecule has 4 aliphatic carbocycles. The van der Waals surface area contributed by atoms with Crippen molar-refractivity contribution in [3.05, 3.63) is 156 Å². The lowest BCUT2D eigenvalue weighted by atomic mass is 9.66. The number of aliphatic carboxylic acids is 2. The number of halogens is 1. The number of carboxylic acid groups (broad SMARTS) is 2. The van der Waals surface area contributed by atoms with Crippen molar-refractivity contribution in [1.82, 2.24) is 40.4 Å². The Balaban J connectivity index is 0.000000180. The molecule has 2 aromatic carbocycles. The fourth-order valence-electron chi connectivity index (χ4n) is 15.3. The number of nitrogens with one attached hydrogen (secondary N) is 2. The summed E-state index contributed by atoms with van der Waals surface area (Å²) in [6, 6.07) is 21.1. The molecule has 18 nitrogen and oxygen atoms in total. The van der Waals surface area contributed by atoms with Crippen molar-refractivity contribution >= 4 is 86.9 Å². The molecule has 6 heterocycles. The Hall–Kier alpha value is -7.24. The second kappa shape index (κ2) is 36.6. The molecule has 6 aliphatic rings. The normalized spacial score (nSPS) is 21.4. The number of likely N-dealkylation sites (tertiary alicyclic amines) is 2. The Morgan fingerprint density at radius 3 is 1.28 bits per heavy atom. The number of nitrogens with zero attached hydrogens (tertiary/aromatic N) is 6. The van der Waals surface area contributed by atoms with Crippen LogP contribution in [0, 0.1) is 47.3 Å². The largest absolute Gasteiger partial charge is 0.483 e. The summed E-state index contributed by atoms with van der Waals surface area (Å²) in [5.41, 5.74) is 6.75. The average molecular weight is 1460 g/mol. The van der Waals surface area contributed by atoms with E-state index in [-0.39, 0.29) is 56.2 Å². The molecule has 0 spiro atoms. The molecule has 0 bridgehead atoms. The lowest BCUT2D eigenvalue weighted by molar-refractivity contribution is -0.155. The zero-order valence-corrected chi connectivity index (χ0v) is 61.5. The van der Waals surface area contributed by atoms with Gasteiger partial charge in [0.2, 0.25) is 11.8 Å². The van der Waals surface area contributed by atoms with E-state index >= 15 is 0 Å². The summed E-state index contributed by atoms with van der Waals surface area (Å²) in [5.74, 6) is 2.48. The molecule has 22 heteroatoms. The molecule has 2 saturated heterocycles. The molecule has 4 amide bonds. The predicted molar refractivity (Wildman–Crippen MR) is 397 cm³/mol. The van der Waals surface area contributed by atoms with Crippen LogP contribution in [0.1, 0.15) is 189 Å². The summed E-state index contributed by atoms with van der Waals surface area (Å²) in [4.78, 5) is 99.3. The number of benzene rings is 2. The van der Waals surface area contributed by atoms with Crippen LogP contribution < -0.4 is 10.6 Å². The highest BCUT2D eigenvalue weighted by Crippen LogP contribution is 2.43. The third-order valence-electron chi connectivity index (χ3n) is 21.5. The standard InChI is InChI=1S/C39H48N4O4S.C24H23BrN4O4S.C15H27BO2/c1-3-5-25-6-10-27(11-7-25)28-14-16-29(17-15-28)31-21-40-36(41-22-31)30-12-8-26(9-13-30)20-34(38(45)43-23-32(24-43)39(46)47)42-37(44)35-19-18-33(4-2)48-35;1-2-18-7-8-20(34-18)22(30)28-19(23(31)29-12-16(13-29)24(32)33)9-14-3-5-15(6-4-14)21-26-10-17(25)11-27-21;1-2-3-12-4-6-13(7-5-12)14-8-10-15(11-9-14)16(17)18/h8-9,12-13,16,18-19,21-22,25,27-28,32,34H,3-7,10-11,14-15,17,20,23-24H2,1-2H3,(H,42,44)(H,46,47);3-8,10-11,16,19H,2,9,12-13H2,1H3,(H,28,30)(H,32,33);10,12-14,17-18H,2-9,11H2,1H3/t25?,27?,28?,34-;19-;/m00./s1. The summed E-state index contributed by atoms with van der Waals surface area (Å²) >= 11 is 6.14. The zero-order valence-electron chi connectivity index (χ0n) is 58.2. The van der Waals surface area contributed by atoms with E-state index in [1.807, 2.05) is 86.9 Å². The van der Waals surface area contributed by atoms with Gasteiger partial charge in [-0.3, -0.25) is 28.8 Å². The second-order valence-electron chi connectivity index (χ2n) is 28.3. The maximum atomic E-state index is 13.4. The van der Waals surface area contributed by atoms with Crippen LogP contribution in [0.4, 0.5) is 0 Å². The van der Waals surface area contributed by atoms with E-state index in [2.05, 4.69) is 62.5 Å². The monoisotopic (exact) mass is 1460 g/mol. The Morgan fingerprint density at radius 2 is 0.930 bits per heavy atom. The zero-order chi connectivity index (χ0) is 70.8. The van der Waals surface area contributed by atoms with Crippen LogP contribution in [0.3, 0.4) is 0 Å². The third kappa shape index (κ3) is 20.5. The Bertz CT molecular complexity index is 3760. The molecule has 6 N–H and O–H groups in total. The van der Waals surface area contributed by atoms with E-state index in [1.54, 1.807) is 24.5 Å². The molecular weight excluding hydrogens is 1360 g/mol. The van der Waals surface area contributed by atoms with Crippen molar-refractivity contribution in [2.75, 3.05) is 26.2 Å². The molecule has 12 rings (SSSR count). The van der Waals surface area contributed by atoms with Gasteiger partial charge in [-0.1, -0.05) is 140 Å². The van der Waals surface area contributed by atoms with Gasteiger partial charge in [0, 0.05) is 90.3 Å². The van der Waals surface area contributed by atoms with Gasteiger partial charge in [0.15, 0.2) is 11.6 Å². The highest BCUT2D eigenvalue weighted by Gasteiger charge is 2.41. The molecule has 2 unspecified atom stereocenters. The minimum atomic E-state index is -1.22. The lowest BCUT2D eigenvalue weighted by Gasteiger charge is -2.38. The molecule has 532 valence electrons. The number of amides is 4. The predicted octanol–water partition coefficient (Wildman–Crippen LogP) is 14.2. The Kier molecular flexibility index (Phi) is 27.6. The number of allylic oxidation sites excluding steroid dienone is 4. The summed E-state index contributed by atoms with van der Waals surface area (Å²) < 4.78 is 0.790. The average Bonchev–Trinajstić information content (AvgIpc) is 0.927. The quantitative estimate of drug-likeness (QED) is 0.0308. The second-order valence-corrected chi connectivity index (χ2v) is 31.5. The summed E-state index contributed by atoms with van der Waals surface area (Å²) in [6.07, 6.45) is 37.4. The van der Waals surface area contributed by atoms with Crippen molar-refractivity contribution in [2.45, 2.75) is 181 Å². The van der Waals surface area contributed by atoms with Gasteiger partial charge in [-0.05, 0) is 175 Å². The summed E-state index contributed by atoms with van der Waals surface area (Å²) in [6.45, 7) is 9.27. The number of rotatable bonds is 24. The third-order valence-corrected chi connectivity index (χ3v) is 24.4. The van der Waals surface area contributed by atoms with Gasteiger partial charge in [-0.2, -0.15) is 0 Å². The van der Waals surface area contributed by atoms with E-state index in [0.717, 1.165) is 128 Å². The van der Waals surface area contributed by atoms with Gasteiger partial charge in [0.25, 0.3) is 11.8 Å². The molecular formula is C78H98BBrN8O10S2. The van der Waals surface area contributed by atoms with Crippen LogP contribution >= 0.6 is 38.6 Å². The van der Waals surface area contributed by atoms with Crippen LogP contribution in [-0.2, 0) is 44.9 Å². The number of carboxylic acids is 2. The van der Waals surface area contributed by atoms with Crippen molar-refractivity contribution in [2.24, 2.45) is 47.3 Å². The van der Waals surface area contributed by atoms with Gasteiger partial charge in [-0.25, -0.2) is 19.9 Å². The topological polar surface area (TPSA) is 265 Å². The number of aromatic nitrogens is 4. The maximum absolute atomic E-state index is 13.4. The van der Waals surface area contributed by atoms with Crippen molar-refractivity contribution < 1.29 is 49.0 Å². The summed E-state index contributed by atoms with van der Waals surface area (Å²) in [5, 5.41) is 42.5. The first kappa shape index (κ1) is 75.4. The van der Waals surface area contributed by atoms with Gasteiger partial charge in [-0.15, -0.1) is 22.7 Å². The number of carbonyl (C=O) groups is 6. The molecule has 4 atom stereocenters. The van der Waals surface area contributed by atoms with Gasteiger partial charge in [0.05, 0.1) is 26.1 Å². The fraction of sp³-hybridized carbons (Fsp3) is 0.513. The fourth-order valence-corrected chi connectivity index (χ4v) is 17.2. The van der Waals surface area contributed by atoms with Crippen molar-refractivity contribution in [1.29, 1.82) is 0 Å². The van der Waals surface area contributed by atoms with Crippen molar-refractivity contribution in [3.63, 3.8) is 0 Å². The highest BCUT2D eigenvalue weighted by molar-refractivity contribution is 9.10. The van der Waals surface area contributed by atoms with E-state index in [1.165, 1.54) is 122 Å². The van der Waals surface area contributed by atoms with Crippen molar-refractivity contribution in [3.8, 4) is 22.8 Å². The maximum Gasteiger partial charge on any atom is 0.483 e. The molecule has 2 saturated carbocycles. The number of hydrogen-bond acceptors (Lipinski definition) is 14. The Labute approximate surface area is 605 Å². The van der Waals surface area contributed by atoms with Crippen LogP contribution in [0.2, 0.25) is 0 Å². The van der Waals surface area contributed by atoms with Crippen LogP contribution in [-0.4, -0.2) is 131 Å². The number of aryl methyl sites for hydroxylation is 2. The Morgan fingerprint density at radius 1 is 0.520 bits per heavy atom. The first-order valence-corrected chi connectivity index (χ1v) is 38.8. The molecule has 100 heavy (non-hydrogen) atoms. The van der Waals surface area contributed by atoms with Gasteiger partial charge in [0.1, 0.15) is 12.1 Å². The summed E-state index contributed by atoms with van der Waals surface area (Å²) in [7, 11) is -1.22. The minimum absolute atomic E-state index is 0.152. The molecule has 0 radical (unpaired) electrons. The smallest absolute Gasteiger partial charge is 0.481 e. The van der Waals surface area contributed by atoms with Gasteiger partial charge >= 0.3 is 19.1 Å². The van der Waals surface area contributed by atoms with E-state index in [9.17, 15) is 33.9 Å². The molecule has 4 aromatic heterocycles. The van der Waals surface area contributed by atoms with E-state index in [4.69, 9.17) is 25.1 Å². The first-order valence-electron chi connectivity index (χ1n) is 36.4. The molecule has 2 aliphatic heterocycles.